The molecule has 0 bridgehead atoms. The number of nitrogens with one attached hydrogen (secondary N) is 1. The van der Waals surface area contributed by atoms with Gasteiger partial charge in [0.2, 0.25) is 0 Å². The highest BCUT2D eigenvalue weighted by molar-refractivity contribution is 7.80. The molecule has 0 fully saturated rings. The summed E-state index contributed by atoms with van der Waals surface area (Å²) < 4.78 is 0. The Morgan fingerprint density at radius 3 is 2.17 bits per heavy atom. The molecule has 0 aromatic carbocycles. The normalized spacial score (nSPS) is 10.0. The molecule has 0 amide bonds. The molecule has 0 aliphatic heterocycles. The lowest BCUT2D eigenvalue weighted by atomic mass is 11.1. The van der Waals surface area contributed by atoms with Crippen LogP contribution < -0.4 is 5.43 Å². The minimum absolute atomic E-state index is 0.701. The van der Waals surface area contributed by atoms with Gasteiger partial charge in [-0.2, -0.15) is 12.6 Å². The van der Waals surface area contributed by atoms with Crippen LogP contribution in [0.2, 0.25) is 0 Å². The van der Waals surface area contributed by atoms with Gasteiger partial charge in [-0.25, -0.2) is 10.4 Å². The predicted octanol–water partition coefficient (Wildman–Crippen LogP) is -0.0601. The standard InChI is InChI=1S/C3H10N2S/c1-5(2)4-3-6/h4,6H,3H2,1-2H3. The van der Waals surface area contributed by atoms with E-state index in [1.54, 1.807) is 0 Å². The third-order valence-electron chi connectivity index (χ3n) is 0.387. The lowest BCUT2D eigenvalue weighted by Gasteiger charge is -2.06. The summed E-state index contributed by atoms with van der Waals surface area (Å²) in [5, 5.41) is 1.85. The fourth-order valence-electron chi connectivity index (χ4n) is 0.141. The second-order valence-corrected chi connectivity index (χ2v) is 1.53. The van der Waals surface area contributed by atoms with Crippen molar-refractivity contribution in [2.24, 2.45) is 0 Å². The predicted molar refractivity (Wildman–Crippen MR) is 30.7 cm³/mol. The molecule has 0 saturated carbocycles. The van der Waals surface area contributed by atoms with Crippen LogP contribution in [0.1, 0.15) is 0 Å². The van der Waals surface area contributed by atoms with Crippen LogP contribution in [0.25, 0.3) is 0 Å². The number of rotatable bonds is 2. The molecule has 0 rings (SSSR count). The minimum Gasteiger partial charge on any atom is -0.250 e. The van der Waals surface area contributed by atoms with Crippen molar-refractivity contribution < 1.29 is 0 Å². The van der Waals surface area contributed by atoms with Crippen molar-refractivity contribution in [1.82, 2.24) is 10.4 Å². The van der Waals surface area contributed by atoms with Gasteiger partial charge in [-0.1, -0.05) is 0 Å². The zero-order chi connectivity index (χ0) is 4.99. The van der Waals surface area contributed by atoms with Crippen LogP contribution in [0, 0.1) is 0 Å². The Morgan fingerprint density at radius 1 is 1.67 bits per heavy atom. The maximum absolute atomic E-state index is 3.91. The van der Waals surface area contributed by atoms with Crippen LogP contribution in [0.3, 0.4) is 0 Å². The largest absolute Gasteiger partial charge is 0.250 e. The molecular formula is C3H10N2S. The summed E-state index contributed by atoms with van der Waals surface area (Å²) in [6.45, 7) is 0. The number of thiol groups is 1. The Bertz CT molecular complexity index is 30.0. The maximum Gasteiger partial charge on any atom is 0.0529 e. The first-order chi connectivity index (χ1) is 2.77. The van der Waals surface area contributed by atoms with E-state index in [9.17, 15) is 0 Å². The van der Waals surface area contributed by atoms with E-state index < -0.39 is 0 Å². The topological polar surface area (TPSA) is 15.3 Å². The van der Waals surface area contributed by atoms with E-state index >= 15 is 0 Å². The van der Waals surface area contributed by atoms with Gasteiger partial charge in [-0.15, -0.1) is 0 Å². The second-order valence-electron chi connectivity index (χ2n) is 1.21. The fraction of sp³-hybridized carbons (Fsp3) is 1.00. The third kappa shape index (κ3) is 4.27. The average Bonchev–Trinajstić information content (AvgIpc) is 1.35. The summed E-state index contributed by atoms with van der Waals surface area (Å²) in [6.07, 6.45) is 0. The Labute approximate surface area is 43.9 Å². The molecule has 6 heavy (non-hydrogen) atoms. The Morgan fingerprint density at radius 2 is 2.17 bits per heavy atom. The molecule has 0 spiro atoms. The third-order valence-corrected chi connectivity index (χ3v) is 0.528. The molecule has 0 aliphatic carbocycles. The highest BCUT2D eigenvalue weighted by atomic mass is 32.1. The molecule has 0 radical (unpaired) electrons. The lowest BCUT2D eigenvalue weighted by Crippen LogP contribution is -2.28. The number of hydrogen-bond acceptors (Lipinski definition) is 3. The van der Waals surface area contributed by atoms with Crippen LogP contribution in [0.5, 0.6) is 0 Å². The fourth-order valence-corrected chi connectivity index (χ4v) is 0.424. The summed E-state index contributed by atoms with van der Waals surface area (Å²) in [5.41, 5.74) is 2.91. The zero-order valence-electron chi connectivity index (χ0n) is 4.10. The Kier molecular flexibility index (Phi) is 3.62. The molecule has 0 aromatic heterocycles. The van der Waals surface area contributed by atoms with E-state index in [1.165, 1.54) is 0 Å². The molecule has 38 valence electrons. The van der Waals surface area contributed by atoms with Crippen LogP contribution in [-0.4, -0.2) is 25.0 Å². The SMILES string of the molecule is CN(C)NCS. The Balaban J connectivity index is 2.63. The van der Waals surface area contributed by atoms with Crippen molar-refractivity contribution in [3.63, 3.8) is 0 Å². The minimum atomic E-state index is 0.701. The van der Waals surface area contributed by atoms with Gasteiger partial charge in [0.1, 0.15) is 0 Å². The molecular weight excluding hydrogens is 96.1 g/mol. The van der Waals surface area contributed by atoms with Crippen molar-refractivity contribution in [2.75, 3.05) is 20.0 Å². The van der Waals surface area contributed by atoms with Gasteiger partial charge in [0.25, 0.3) is 0 Å². The van der Waals surface area contributed by atoms with Crippen molar-refractivity contribution >= 4 is 12.6 Å². The van der Waals surface area contributed by atoms with Gasteiger partial charge in [-0.05, 0) is 0 Å². The maximum atomic E-state index is 3.91. The van der Waals surface area contributed by atoms with Crippen LogP contribution in [0.15, 0.2) is 0 Å². The molecule has 0 saturated heterocycles. The smallest absolute Gasteiger partial charge is 0.0529 e. The Hall–Kier alpha value is 0.270. The molecule has 0 aliphatic rings. The number of hydrogen-bond donors (Lipinski definition) is 2. The number of hydrazine groups is 1. The van der Waals surface area contributed by atoms with E-state index in [2.05, 4.69) is 18.1 Å². The molecule has 3 heteroatoms. The highest BCUT2D eigenvalue weighted by Gasteiger charge is 1.76. The van der Waals surface area contributed by atoms with Gasteiger partial charge >= 0.3 is 0 Å². The van der Waals surface area contributed by atoms with Crippen molar-refractivity contribution in [2.45, 2.75) is 0 Å². The molecule has 0 heterocycles. The van der Waals surface area contributed by atoms with E-state index in [0.29, 0.717) is 5.88 Å². The first kappa shape index (κ1) is 6.27. The molecule has 0 unspecified atom stereocenters. The van der Waals surface area contributed by atoms with Crippen LogP contribution in [-0.2, 0) is 0 Å². The summed E-state index contributed by atoms with van der Waals surface area (Å²) in [4.78, 5) is 0. The second kappa shape index (κ2) is 3.46. The molecule has 0 atom stereocenters. The van der Waals surface area contributed by atoms with Gasteiger partial charge in [-0.3, -0.25) is 0 Å². The van der Waals surface area contributed by atoms with Crippen LogP contribution >= 0.6 is 12.6 Å². The summed E-state index contributed by atoms with van der Waals surface area (Å²) in [6, 6.07) is 0. The van der Waals surface area contributed by atoms with Crippen molar-refractivity contribution in [3.8, 4) is 0 Å². The first-order valence-electron chi connectivity index (χ1n) is 1.79. The highest BCUT2D eigenvalue weighted by Crippen LogP contribution is 1.64. The van der Waals surface area contributed by atoms with Gasteiger partial charge in [0, 0.05) is 14.1 Å². The summed E-state index contributed by atoms with van der Waals surface area (Å²) in [5.74, 6) is 0.701. The first-order valence-corrected chi connectivity index (χ1v) is 2.42. The van der Waals surface area contributed by atoms with E-state index in [4.69, 9.17) is 0 Å². The quantitative estimate of drug-likeness (QED) is 0.291. The molecule has 0 aromatic rings. The van der Waals surface area contributed by atoms with Crippen molar-refractivity contribution in [3.05, 3.63) is 0 Å². The number of nitrogens with zero attached hydrogens (tertiary/aromatic N) is 1. The van der Waals surface area contributed by atoms with E-state index in [-0.39, 0.29) is 0 Å². The average molecular weight is 106 g/mol. The summed E-state index contributed by atoms with van der Waals surface area (Å²) in [7, 11) is 3.85. The van der Waals surface area contributed by atoms with E-state index in [1.807, 2.05) is 19.1 Å². The van der Waals surface area contributed by atoms with E-state index in [0.717, 1.165) is 0 Å². The zero-order valence-corrected chi connectivity index (χ0v) is 5.00. The molecule has 1 N–H and O–H groups in total. The van der Waals surface area contributed by atoms with Crippen molar-refractivity contribution in [1.29, 1.82) is 0 Å². The summed E-state index contributed by atoms with van der Waals surface area (Å²) >= 11 is 3.91. The lowest BCUT2D eigenvalue weighted by molar-refractivity contribution is 0.316. The van der Waals surface area contributed by atoms with Crippen LogP contribution in [0.4, 0.5) is 0 Å². The van der Waals surface area contributed by atoms with Gasteiger partial charge in [0.05, 0.1) is 5.88 Å². The van der Waals surface area contributed by atoms with Gasteiger partial charge < -0.3 is 0 Å². The monoisotopic (exact) mass is 106 g/mol. The van der Waals surface area contributed by atoms with Gasteiger partial charge in [0.15, 0.2) is 0 Å². The molecule has 2 nitrogen and oxygen atoms in total.